The van der Waals surface area contributed by atoms with Crippen LogP contribution in [0.15, 0.2) is 78.3 Å². The number of rotatable bonds is 7. The zero-order chi connectivity index (χ0) is 25.9. The molecular weight excluding hydrogens is 472 g/mol. The fraction of sp³-hybridized carbons (Fsp3) is 0.185. The molecule has 3 heterocycles. The van der Waals surface area contributed by atoms with Gasteiger partial charge in [0.2, 0.25) is 5.95 Å². The van der Waals surface area contributed by atoms with Crippen LogP contribution >= 0.6 is 0 Å². The number of ether oxygens (including phenoxy) is 3. The summed E-state index contributed by atoms with van der Waals surface area (Å²) in [6, 6.07) is 15.9. The van der Waals surface area contributed by atoms with Gasteiger partial charge in [-0.05, 0) is 37.3 Å². The fourth-order valence-corrected chi connectivity index (χ4v) is 4.38. The number of methoxy groups -OCH3 is 3. The number of amides is 1. The van der Waals surface area contributed by atoms with E-state index in [1.165, 1.54) is 0 Å². The van der Waals surface area contributed by atoms with Crippen LogP contribution in [0.2, 0.25) is 0 Å². The van der Waals surface area contributed by atoms with Crippen LogP contribution in [-0.2, 0) is 4.79 Å². The molecule has 0 bridgehead atoms. The van der Waals surface area contributed by atoms with Crippen molar-refractivity contribution in [3.05, 3.63) is 83.8 Å². The summed E-state index contributed by atoms with van der Waals surface area (Å²) in [6.45, 7) is 1.83. The van der Waals surface area contributed by atoms with Crippen LogP contribution in [0.25, 0.3) is 11.4 Å². The van der Waals surface area contributed by atoms with Gasteiger partial charge in [-0.25, -0.2) is 4.68 Å². The van der Waals surface area contributed by atoms with Gasteiger partial charge in [-0.3, -0.25) is 9.78 Å². The molecule has 1 unspecified atom stereocenters. The van der Waals surface area contributed by atoms with E-state index in [1.54, 1.807) is 56.6 Å². The van der Waals surface area contributed by atoms with Crippen molar-refractivity contribution in [2.24, 2.45) is 0 Å². The quantitative estimate of drug-likeness (QED) is 0.388. The number of aromatic nitrogens is 4. The molecule has 10 nitrogen and oxygen atoms in total. The Labute approximate surface area is 213 Å². The minimum absolute atomic E-state index is 0.308. The van der Waals surface area contributed by atoms with Crippen molar-refractivity contribution in [3.8, 4) is 28.6 Å². The number of nitrogens with one attached hydrogen (secondary N) is 2. The Hall–Kier alpha value is -4.86. The first-order valence-electron chi connectivity index (χ1n) is 11.5. The number of hydrogen-bond donors (Lipinski definition) is 2. The average molecular weight is 499 g/mol. The van der Waals surface area contributed by atoms with Crippen LogP contribution in [0, 0.1) is 0 Å². The van der Waals surface area contributed by atoms with Crippen molar-refractivity contribution in [1.82, 2.24) is 19.7 Å². The lowest BCUT2D eigenvalue weighted by Crippen LogP contribution is -2.31. The van der Waals surface area contributed by atoms with E-state index in [-0.39, 0.29) is 5.91 Å². The smallest absolute Gasteiger partial charge is 0.255 e. The Morgan fingerprint density at radius 3 is 2.59 bits per heavy atom. The minimum Gasteiger partial charge on any atom is -0.497 e. The number of hydrogen-bond acceptors (Lipinski definition) is 8. The molecule has 1 aliphatic heterocycles. The van der Waals surface area contributed by atoms with Crippen molar-refractivity contribution < 1.29 is 19.0 Å². The lowest BCUT2D eigenvalue weighted by atomic mass is 9.94. The SMILES string of the molecule is COc1cccc(-c2nc3n(n2)C(c2cccc(OC)c2OC)C(C(=O)Nc2cccnc2)=C(C)N3)c1. The third kappa shape index (κ3) is 4.44. The zero-order valence-corrected chi connectivity index (χ0v) is 20.9. The van der Waals surface area contributed by atoms with E-state index in [0.717, 1.165) is 5.56 Å². The molecule has 0 fully saturated rings. The number of pyridine rings is 1. The first-order chi connectivity index (χ1) is 18.0. The number of fused-ring (bicyclic) bond motifs is 1. The number of nitrogens with zero attached hydrogens (tertiary/aromatic N) is 4. The van der Waals surface area contributed by atoms with Gasteiger partial charge in [-0.15, -0.1) is 5.10 Å². The molecule has 5 rings (SSSR count). The van der Waals surface area contributed by atoms with Gasteiger partial charge < -0.3 is 24.8 Å². The number of para-hydroxylation sites is 1. The van der Waals surface area contributed by atoms with Crippen molar-refractivity contribution in [2.75, 3.05) is 32.0 Å². The summed E-state index contributed by atoms with van der Waals surface area (Å²) < 4.78 is 18.4. The first kappa shape index (κ1) is 23.9. The molecule has 188 valence electrons. The topological polar surface area (TPSA) is 112 Å². The molecule has 4 aromatic rings. The number of benzene rings is 2. The number of carbonyl (C=O) groups is 1. The molecule has 37 heavy (non-hydrogen) atoms. The molecule has 10 heteroatoms. The maximum Gasteiger partial charge on any atom is 0.255 e. The van der Waals surface area contributed by atoms with Crippen LogP contribution in [0.5, 0.6) is 17.2 Å². The summed E-state index contributed by atoms with van der Waals surface area (Å²) in [5.74, 6) is 2.39. The standard InChI is InChI=1S/C27H26N6O4/c1-16-22(26(34)30-18-9-7-13-28-15-18)23(20-11-6-12-21(36-3)24(20)37-4)33-27(29-16)31-25(32-33)17-8-5-10-19(14-17)35-2/h5-15,23H,1-4H3,(H,30,34)(H,29,31,32). The van der Waals surface area contributed by atoms with Crippen molar-refractivity contribution >= 4 is 17.5 Å². The highest BCUT2D eigenvalue weighted by Gasteiger charge is 2.37. The van der Waals surface area contributed by atoms with Gasteiger partial charge in [0.25, 0.3) is 5.91 Å². The highest BCUT2D eigenvalue weighted by molar-refractivity contribution is 6.06. The van der Waals surface area contributed by atoms with Gasteiger partial charge in [0.15, 0.2) is 17.3 Å². The van der Waals surface area contributed by atoms with E-state index in [9.17, 15) is 4.79 Å². The summed E-state index contributed by atoms with van der Waals surface area (Å²) in [6.07, 6.45) is 3.24. The Morgan fingerprint density at radius 1 is 1.03 bits per heavy atom. The van der Waals surface area contributed by atoms with Crippen molar-refractivity contribution in [1.29, 1.82) is 0 Å². The lowest BCUT2D eigenvalue weighted by molar-refractivity contribution is -0.113. The average Bonchev–Trinajstić information content (AvgIpc) is 3.36. The summed E-state index contributed by atoms with van der Waals surface area (Å²) in [5, 5.41) is 11.0. The molecule has 0 radical (unpaired) electrons. The molecule has 0 aliphatic carbocycles. The molecule has 0 saturated carbocycles. The Bertz CT molecular complexity index is 1480. The maximum atomic E-state index is 13.7. The number of anilines is 2. The van der Waals surface area contributed by atoms with E-state index in [2.05, 4.69) is 15.6 Å². The molecule has 0 saturated heterocycles. The van der Waals surface area contributed by atoms with Crippen LogP contribution < -0.4 is 24.8 Å². The van der Waals surface area contributed by atoms with Crippen molar-refractivity contribution in [3.63, 3.8) is 0 Å². The van der Waals surface area contributed by atoms with E-state index in [4.69, 9.17) is 24.3 Å². The van der Waals surface area contributed by atoms with Crippen LogP contribution in [0.3, 0.4) is 0 Å². The second-order valence-electron chi connectivity index (χ2n) is 8.28. The summed E-state index contributed by atoms with van der Waals surface area (Å²) in [5.41, 5.74) is 3.13. The minimum atomic E-state index is -0.662. The predicted octanol–water partition coefficient (Wildman–Crippen LogP) is 4.29. The molecule has 0 spiro atoms. The molecule has 1 atom stereocenters. The Balaban J connectivity index is 1.67. The van der Waals surface area contributed by atoms with Crippen molar-refractivity contribution in [2.45, 2.75) is 13.0 Å². The molecule has 1 aliphatic rings. The third-order valence-corrected chi connectivity index (χ3v) is 6.07. The molecule has 2 aromatic carbocycles. The normalized spacial score (nSPS) is 14.4. The van der Waals surface area contributed by atoms with Gasteiger partial charge >= 0.3 is 0 Å². The van der Waals surface area contributed by atoms with Gasteiger partial charge in [-0.1, -0.05) is 24.3 Å². The zero-order valence-electron chi connectivity index (χ0n) is 20.9. The van der Waals surface area contributed by atoms with Gasteiger partial charge in [0.1, 0.15) is 11.8 Å². The highest BCUT2D eigenvalue weighted by Crippen LogP contribution is 2.43. The fourth-order valence-electron chi connectivity index (χ4n) is 4.38. The van der Waals surface area contributed by atoms with Gasteiger partial charge in [0, 0.05) is 23.0 Å². The molecule has 2 aromatic heterocycles. The van der Waals surface area contributed by atoms with Crippen LogP contribution in [0.4, 0.5) is 11.6 Å². The van der Waals surface area contributed by atoms with Crippen LogP contribution in [-0.4, -0.2) is 47.0 Å². The first-order valence-corrected chi connectivity index (χ1v) is 11.5. The maximum absolute atomic E-state index is 13.7. The second kappa shape index (κ2) is 10.0. The number of allylic oxidation sites excluding steroid dienone is 1. The Morgan fingerprint density at radius 2 is 1.86 bits per heavy atom. The largest absolute Gasteiger partial charge is 0.497 e. The lowest BCUT2D eigenvalue weighted by Gasteiger charge is -2.29. The van der Waals surface area contributed by atoms with Crippen LogP contribution in [0.1, 0.15) is 18.5 Å². The monoisotopic (exact) mass is 498 g/mol. The molecule has 2 N–H and O–H groups in total. The van der Waals surface area contributed by atoms with E-state index < -0.39 is 6.04 Å². The van der Waals surface area contributed by atoms with E-state index >= 15 is 0 Å². The Kier molecular flexibility index (Phi) is 6.46. The highest BCUT2D eigenvalue weighted by atomic mass is 16.5. The number of carbonyl (C=O) groups excluding carboxylic acids is 1. The molecular formula is C27H26N6O4. The summed E-state index contributed by atoms with van der Waals surface area (Å²) >= 11 is 0. The summed E-state index contributed by atoms with van der Waals surface area (Å²) in [4.78, 5) is 22.5. The molecule has 1 amide bonds. The third-order valence-electron chi connectivity index (χ3n) is 6.07. The summed E-state index contributed by atoms with van der Waals surface area (Å²) in [7, 11) is 4.75. The van der Waals surface area contributed by atoms with Gasteiger partial charge in [-0.2, -0.15) is 4.98 Å². The van der Waals surface area contributed by atoms with E-state index in [1.807, 2.05) is 43.3 Å². The predicted molar refractivity (Wildman–Crippen MR) is 139 cm³/mol. The van der Waals surface area contributed by atoms with E-state index in [0.29, 0.717) is 51.5 Å². The second-order valence-corrected chi connectivity index (χ2v) is 8.28. The van der Waals surface area contributed by atoms with Gasteiger partial charge in [0.05, 0.1) is 38.8 Å².